The average Bonchev–Trinajstić information content (AvgIpc) is 2.71. The Labute approximate surface area is 184 Å². The summed E-state index contributed by atoms with van der Waals surface area (Å²) in [6, 6.07) is 4.85. The number of carboxylic acids is 1. The van der Waals surface area contributed by atoms with Crippen LogP contribution in [0.15, 0.2) is 29.2 Å². The fourth-order valence-electron chi connectivity index (χ4n) is 6.71. The number of carbonyl (C=O) groups excluding carboxylic acids is 1. The van der Waals surface area contributed by atoms with E-state index in [9.17, 15) is 23.1 Å². The van der Waals surface area contributed by atoms with Crippen LogP contribution in [0.25, 0.3) is 0 Å². The maximum absolute atomic E-state index is 12.9. The van der Waals surface area contributed by atoms with Crippen molar-refractivity contribution in [2.45, 2.75) is 63.3 Å². The molecule has 7 nitrogen and oxygen atoms in total. The summed E-state index contributed by atoms with van der Waals surface area (Å²) in [7, 11) is -3.60. The van der Waals surface area contributed by atoms with E-state index in [0.717, 1.165) is 19.3 Å². The van der Waals surface area contributed by atoms with Crippen LogP contribution in [0.5, 0.6) is 0 Å². The van der Waals surface area contributed by atoms with Gasteiger partial charge in [-0.2, -0.15) is 4.31 Å². The van der Waals surface area contributed by atoms with Crippen LogP contribution in [0, 0.1) is 23.2 Å². The molecule has 1 aromatic carbocycles. The van der Waals surface area contributed by atoms with Gasteiger partial charge in [-0.05, 0) is 80.5 Å². The van der Waals surface area contributed by atoms with Crippen LogP contribution >= 0.6 is 0 Å². The zero-order valence-corrected chi connectivity index (χ0v) is 19.0. The minimum atomic E-state index is -3.60. The van der Waals surface area contributed by atoms with Crippen LogP contribution in [-0.4, -0.2) is 48.8 Å². The van der Waals surface area contributed by atoms with Crippen molar-refractivity contribution in [2.24, 2.45) is 23.2 Å². The number of rotatable bonds is 8. The topological polar surface area (TPSA) is 104 Å². The minimum absolute atomic E-state index is 0.128. The molecule has 0 aromatic heterocycles. The largest absolute Gasteiger partial charge is 0.480 e. The van der Waals surface area contributed by atoms with Gasteiger partial charge in [-0.15, -0.1) is 0 Å². The fraction of sp³-hybridized carbons (Fsp3) is 0.652. The van der Waals surface area contributed by atoms with Crippen LogP contribution in [0.2, 0.25) is 0 Å². The molecule has 1 atom stereocenters. The normalized spacial score (nSPS) is 30.4. The van der Waals surface area contributed by atoms with Gasteiger partial charge >= 0.3 is 5.97 Å². The molecule has 31 heavy (non-hydrogen) atoms. The highest BCUT2D eigenvalue weighted by atomic mass is 32.2. The van der Waals surface area contributed by atoms with Gasteiger partial charge in [0, 0.05) is 24.1 Å². The van der Waals surface area contributed by atoms with E-state index >= 15 is 0 Å². The number of nitrogens with zero attached hydrogens (tertiary/aromatic N) is 1. The van der Waals surface area contributed by atoms with Gasteiger partial charge in [-0.3, -0.25) is 4.79 Å². The van der Waals surface area contributed by atoms with E-state index in [2.05, 4.69) is 5.32 Å². The molecule has 170 valence electrons. The highest BCUT2D eigenvalue weighted by molar-refractivity contribution is 7.89. The van der Waals surface area contributed by atoms with Crippen molar-refractivity contribution < 1.29 is 23.1 Å². The molecule has 0 heterocycles. The molecule has 5 rings (SSSR count). The summed E-state index contributed by atoms with van der Waals surface area (Å²) in [6.45, 7) is 4.29. The van der Waals surface area contributed by atoms with Crippen molar-refractivity contribution in [2.75, 3.05) is 13.1 Å². The van der Waals surface area contributed by atoms with Crippen molar-refractivity contribution >= 4 is 21.9 Å². The number of sulfonamides is 1. The number of hydrogen-bond acceptors (Lipinski definition) is 4. The lowest BCUT2D eigenvalue weighted by molar-refractivity contribution is -0.150. The Morgan fingerprint density at radius 3 is 1.94 bits per heavy atom. The zero-order chi connectivity index (χ0) is 22.4. The first-order valence-electron chi connectivity index (χ1n) is 11.3. The molecule has 8 heteroatoms. The summed E-state index contributed by atoms with van der Waals surface area (Å²) in [5, 5.41) is 12.8. The molecular formula is C23H32N2O5S. The average molecular weight is 449 g/mol. The smallest absolute Gasteiger partial charge is 0.326 e. The molecule has 4 fully saturated rings. The van der Waals surface area contributed by atoms with E-state index in [1.807, 2.05) is 0 Å². The third-order valence-electron chi connectivity index (χ3n) is 7.68. The summed E-state index contributed by atoms with van der Waals surface area (Å²) >= 11 is 0. The quantitative estimate of drug-likeness (QED) is 0.636. The Balaban J connectivity index is 1.52. The van der Waals surface area contributed by atoms with Crippen molar-refractivity contribution in [3.05, 3.63) is 29.8 Å². The molecule has 0 unspecified atom stereocenters. The SMILES string of the molecule is CCN(CC)S(=O)(=O)c1ccc(C(=O)N[C@H](C(=O)O)C23CC4CC(CC(C4)C2)C3)cc1. The molecule has 0 radical (unpaired) electrons. The zero-order valence-electron chi connectivity index (χ0n) is 18.2. The maximum Gasteiger partial charge on any atom is 0.326 e. The number of nitrogens with one attached hydrogen (secondary N) is 1. The number of carbonyl (C=O) groups is 2. The summed E-state index contributed by atoms with van der Waals surface area (Å²) in [4.78, 5) is 25.3. The van der Waals surface area contributed by atoms with Crippen molar-refractivity contribution in [3.63, 3.8) is 0 Å². The lowest BCUT2D eigenvalue weighted by atomic mass is 9.47. The van der Waals surface area contributed by atoms with Gasteiger partial charge in [0.2, 0.25) is 10.0 Å². The molecule has 4 saturated carbocycles. The Morgan fingerprint density at radius 2 is 1.52 bits per heavy atom. The Hall–Kier alpha value is -1.93. The van der Waals surface area contributed by atoms with E-state index in [1.54, 1.807) is 13.8 Å². The van der Waals surface area contributed by atoms with Crippen LogP contribution in [-0.2, 0) is 14.8 Å². The summed E-state index contributed by atoms with van der Waals surface area (Å²) in [5.74, 6) is 0.296. The molecule has 4 aliphatic rings. The molecule has 4 aliphatic carbocycles. The van der Waals surface area contributed by atoms with E-state index in [-0.39, 0.29) is 15.9 Å². The fourth-order valence-corrected chi connectivity index (χ4v) is 8.17. The Morgan fingerprint density at radius 1 is 1.03 bits per heavy atom. The Bertz CT molecular complexity index is 917. The third kappa shape index (κ3) is 4.00. The third-order valence-corrected chi connectivity index (χ3v) is 9.74. The predicted octanol–water partition coefficient (Wildman–Crippen LogP) is 3.12. The van der Waals surface area contributed by atoms with Gasteiger partial charge in [0.1, 0.15) is 6.04 Å². The molecule has 0 aliphatic heterocycles. The summed E-state index contributed by atoms with van der Waals surface area (Å²) in [6.07, 6.45) is 6.21. The van der Waals surface area contributed by atoms with Gasteiger partial charge in [-0.1, -0.05) is 13.8 Å². The second kappa shape index (κ2) is 8.20. The van der Waals surface area contributed by atoms with E-state index in [0.29, 0.717) is 30.8 Å². The number of hydrogen-bond donors (Lipinski definition) is 2. The van der Waals surface area contributed by atoms with Gasteiger partial charge < -0.3 is 10.4 Å². The number of amides is 1. The molecule has 1 aromatic rings. The van der Waals surface area contributed by atoms with Gasteiger partial charge in [0.25, 0.3) is 5.91 Å². The molecule has 2 N–H and O–H groups in total. The number of benzene rings is 1. The van der Waals surface area contributed by atoms with E-state index < -0.39 is 27.9 Å². The van der Waals surface area contributed by atoms with Crippen LogP contribution in [0.1, 0.15) is 62.7 Å². The highest BCUT2D eigenvalue weighted by Crippen LogP contribution is 2.61. The van der Waals surface area contributed by atoms with Crippen molar-refractivity contribution in [1.82, 2.24) is 9.62 Å². The molecular weight excluding hydrogens is 416 g/mol. The van der Waals surface area contributed by atoms with Gasteiger partial charge in [0.05, 0.1) is 4.90 Å². The van der Waals surface area contributed by atoms with Crippen LogP contribution in [0.4, 0.5) is 0 Å². The lowest BCUT2D eigenvalue weighted by Gasteiger charge is -2.58. The number of carboxylic acid groups (broad SMARTS) is 1. The molecule has 4 bridgehead atoms. The Kier molecular flexibility index (Phi) is 5.89. The first-order chi connectivity index (χ1) is 14.7. The second-order valence-electron chi connectivity index (χ2n) is 9.64. The number of aliphatic carboxylic acids is 1. The van der Waals surface area contributed by atoms with Crippen molar-refractivity contribution in [3.8, 4) is 0 Å². The minimum Gasteiger partial charge on any atom is -0.480 e. The first-order valence-corrected chi connectivity index (χ1v) is 12.8. The first kappa shape index (κ1) is 22.3. The van der Waals surface area contributed by atoms with Crippen LogP contribution in [0.3, 0.4) is 0 Å². The van der Waals surface area contributed by atoms with E-state index in [1.165, 1.54) is 47.8 Å². The standard InChI is InChI=1S/C23H32N2O5S/c1-3-25(4-2)31(29,30)19-7-5-18(6-8-19)21(26)24-20(22(27)28)23-12-15-9-16(13-23)11-17(10-15)14-23/h5-8,15-17,20H,3-4,9-14H2,1-2H3,(H,24,26)(H,27,28)/t15?,16?,17?,20-,23?/m1/s1. The maximum atomic E-state index is 12.9. The van der Waals surface area contributed by atoms with Crippen molar-refractivity contribution in [1.29, 1.82) is 0 Å². The monoisotopic (exact) mass is 448 g/mol. The highest BCUT2D eigenvalue weighted by Gasteiger charge is 2.56. The molecule has 1 amide bonds. The predicted molar refractivity (Wildman–Crippen MR) is 116 cm³/mol. The van der Waals surface area contributed by atoms with E-state index in [4.69, 9.17) is 0 Å². The van der Waals surface area contributed by atoms with Gasteiger partial charge in [0.15, 0.2) is 0 Å². The summed E-state index contributed by atoms with van der Waals surface area (Å²) < 4.78 is 26.7. The second-order valence-corrected chi connectivity index (χ2v) is 11.6. The molecule has 0 saturated heterocycles. The summed E-state index contributed by atoms with van der Waals surface area (Å²) in [5.41, 5.74) is -0.0862. The molecule has 0 spiro atoms. The van der Waals surface area contributed by atoms with Gasteiger partial charge in [-0.25, -0.2) is 13.2 Å². The lowest BCUT2D eigenvalue weighted by Crippen LogP contribution is -2.59. The van der Waals surface area contributed by atoms with Crippen LogP contribution < -0.4 is 5.32 Å².